The Hall–Kier alpha value is -7.05. The molecule has 0 saturated carbocycles. The van der Waals surface area contributed by atoms with Crippen LogP contribution in [0.3, 0.4) is 0 Å². The maximum absolute atomic E-state index is 11.7. The van der Waals surface area contributed by atoms with Crippen molar-refractivity contribution >= 4 is 52.3 Å². The second-order valence-electron chi connectivity index (χ2n) is 12.7. The lowest BCUT2D eigenvalue weighted by molar-refractivity contribution is -0.131. The molecule has 9 rings (SSSR count). The normalized spacial score (nSPS) is 11.9. The number of rotatable bonds is 5. The summed E-state index contributed by atoms with van der Waals surface area (Å²) < 4.78 is 5.37. The van der Waals surface area contributed by atoms with Crippen LogP contribution in [0, 0.1) is 0 Å². The van der Waals surface area contributed by atoms with Gasteiger partial charge in [0.1, 0.15) is 5.75 Å². The van der Waals surface area contributed by atoms with Gasteiger partial charge in [-0.05, 0) is 83.0 Å². The van der Waals surface area contributed by atoms with E-state index in [2.05, 4.69) is 131 Å². The first-order valence-corrected chi connectivity index (χ1v) is 17.2. The predicted molar refractivity (Wildman–Crippen MR) is 212 cm³/mol. The quantitative estimate of drug-likeness (QED) is 0.141. The third-order valence-electron chi connectivity index (χ3n) is 9.35. The number of esters is 1. The second kappa shape index (κ2) is 13.0. The minimum atomic E-state index is -0.361. The largest absolute Gasteiger partial charge is 0.427 e. The van der Waals surface area contributed by atoms with Crippen LogP contribution >= 0.6 is 0 Å². The van der Waals surface area contributed by atoms with E-state index in [1.807, 2.05) is 42.5 Å². The number of nitrogens with one attached hydrogen (secondary N) is 2. The number of carbonyl (C=O) groups is 1. The molecule has 52 heavy (non-hydrogen) atoms. The van der Waals surface area contributed by atoms with Crippen molar-refractivity contribution in [1.82, 2.24) is 19.9 Å². The van der Waals surface area contributed by atoms with E-state index in [9.17, 15) is 4.79 Å². The fourth-order valence-electron chi connectivity index (χ4n) is 7.09. The fourth-order valence-corrected chi connectivity index (χ4v) is 7.09. The molecule has 2 N–H and O–H groups in total. The molecule has 2 aliphatic rings. The molecule has 0 saturated heterocycles. The number of hydrogen-bond acceptors (Lipinski definition) is 4. The molecule has 7 aromatic rings. The molecule has 0 spiro atoms. The number of fused-ring (bicyclic) bond motifs is 8. The van der Waals surface area contributed by atoms with Crippen LogP contribution in [0.1, 0.15) is 29.7 Å². The molecule has 0 amide bonds. The van der Waals surface area contributed by atoms with E-state index in [1.165, 1.54) is 6.92 Å². The van der Waals surface area contributed by atoms with Crippen molar-refractivity contribution < 1.29 is 9.53 Å². The van der Waals surface area contributed by atoms with Gasteiger partial charge in [-0.3, -0.25) is 4.79 Å². The fraction of sp³-hybridized carbons (Fsp3) is 0.0217. The van der Waals surface area contributed by atoms with Crippen LogP contribution in [0.2, 0.25) is 0 Å². The SMILES string of the molecule is CC(=O)Oc1ccc(-c2c3nc(c(-c4ccccc4)c4ccc([nH]4)c(-c4ccccc4)c4nc(c(-c5ccccc5)c5ccc2[nH]5)C=C4)C=C3)cc1. The first kappa shape index (κ1) is 31.0. The summed E-state index contributed by atoms with van der Waals surface area (Å²) in [5.74, 6) is 0.125. The standard InChI is InChI=1S/C46H32N4O2/c1-29(51)52-34-19-17-33(18-20-34)46-41-27-25-39(49-41)44(31-13-7-3-8-14-31)37-23-21-35(47-37)43(30-11-5-2-6-12-30)36-22-24-38(48-36)45(32-15-9-4-10-16-32)40-26-28-42(46)50-40/h2-28,47,50H,1H3. The van der Waals surface area contributed by atoms with Gasteiger partial charge in [0.15, 0.2) is 0 Å². The third kappa shape index (κ3) is 5.72. The van der Waals surface area contributed by atoms with E-state index >= 15 is 0 Å². The molecule has 0 atom stereocenters. The molecule has 6 heteroatoms. The molecular weight excluding hydrogens is 641 g/mol. The van der Waals surface area contributed by atoms with Crippen molar-refractivity contribution in [2.45, 2.75) is 6.92 Å². The molecule has 248 valence electrons. The van der Waals surface area contributed by atoms with Gasteiger partial charge in [0.25, 0.3) is 0 Å². The Bertz CT molecular complexity index is 2670. The van der Waals surface area contributed by atoms with E-state index in [4.69, 9.17) is 14.7 Å². The summed E-state index contributed by atoms with van der Waals surface area (Å²) in [6, 6.07) is 47.2. The minimum Gasteiger partial charge on any atom is -0.427 e. The van der Waals surface area contributed by atoms with E-state index in [-0.39, 0.29) is 5.97 Å². The lowest BCUT2D eigenvalue weighted by Gasteiger charge is -2.07. The van der Waals surface area contributed by atoms with Crippen LogP contribution in [0.5, 0.6) is 5.75 Å². The highest BCUT2D eigenvalue weighted by molar-refractivity contribution is 5.99. The summed E-state index contributed by atoms with van der Waals surface area (Å²) in [4.78, 5) is 29.9. The predicted octanol–water partition coefficient (Wildman–Crippen LogP) is 11.2. The topological polar surface area (TPSA) is 83.7 Å². The van der Waals surface area contributed by atoms with Gasteiger partial charge in [0.2, 0.25) is 0 Å². The molecule has 0 unspecified atom stereocenters. The molecule has 3 aromatic heterocycles. The Balaban J connectivity index is 1.44. The minimum absolute atomic E-state index is 0.361. The van der Waals surface area contributed by atoms with Gasteiger partial charge < -0.3 is 14.7 Å². The van der Waals surface area contributed by atoms with Crippen LogP contribution in [0.15, 0.2) is 140 Å². The van der Waals surface area contributed by atoms with Crippen LogP contribution in [0.4, 0.5) is 0 Å². The number of ether oxygens (including phenoxy) is 1. The van der Waals surface area contributed by atoms with E-state index < -0.39 is 0 Å². The van der Waals surface area contributed by atoms with Crippen LogP contribution in [-0.2, 0) is 4.79 Å². The van der Waals surface area contributed by atoms with Gasteiger partial charge in [-0.25, -0.2) is 9.97 Å². The van der Waals surface area contributed by atoms with E-state index in [1.54, 1.807) is 0 Å². The maximum Gasteiger partial charge on any atom is 0.308 e. The van der Waals surface area contributed by atoms with Crippen LogP contribution < -0.4 is 4.74 Å². The van der Waals surface area contributed by atoms with Crippen molar-refractivity contribution in [3.8, 4) is 50.3 Å². The number of aromatic amines is 2. The van der Waals surface area contributed by atoms with Gasteiger partial charge in [0, 0.05) is 51.2 Å². The molecule has 8 bridgehead atoms. The zero-order valence-corrected chi connectivity index (χ0v) is 28.3. The molecule has 4 aromatic carbocycles. The molecule has 2 aliphatic heterocycles. The number of H-pyrrole nitrogens is 2. The van der Waals surface area contributed by atoms with Gasteiger partial charge >= 0.3 is 5.97 Å². The van der Waals surface area contributed by atoms with Crippen molar-refractivity contribution in [3.05, 3.63) is 162 Å². The van der Waals surface area contributed by atoms with Crippen LogP contribution in [0.25, 0.3) is 90.9 Å². The highest BCUT2D eigenvalue weighted by Crippen LogP contribution is 2.38. The summed E-state index contributed by atoms with van der Waals surface area (Å²) in [6.45, 7) is 1.40. The average Bonchev–Trinajstić information content (AvgIpc) is 4.01. The second-order valence-corrected chi connectivity index (χ2v) is 12.7. The lowest BCUT2D eigenvalue weighted by Crippen LogP contribution is -2.00. The summed E-state index contributed by atoms with van der Waals surface area (Å²) in [6.07, 6.45) is 8.37. The maximum atomic E-state index is 11.7. The van der Waals surface area contributed by atoms with Gasteiger partial charge in [-0.1, -0.05) is 103 Å². The summed E-state index contributed by atoms with van der Waals surface area (Å²) in [5.41, 5.74) is 15.1. The number of carbonyl (C=O) groups excluding carboxylic acids is 1. The van der Waals surface area contributed by atoms with Gasteiger partial charge in [-0.15, -0.1) is 0 Å². The third-order valence-corrected chi connectivity index (χ3v) is 9.35. The molecule has 0 aliphatic carbocycles. The number of hydrogen-bond donors (Lipinski definition) is 2. The smallest absolute Gasteiger partial charge is 0.308 e. The first-order chi connectivity index (χ1) is 25.6. The van der Waals surface area contributed by atoms with Crippen molar-refractivity contribution in [1.29, 1.82) is 0 Å². The molecule has 5 heterocycles. The Morgan fingerprint density at radius 2 is 0.731 bits per heavy atom. The monoisotopic (exact) mass is 672 g/mol. The van der Waals surface area contributed by atoms with Gasteiger partial charge in [0.05, 0.1) is 22.8 Å². The lowest BCUT2D eigenvalue weighted by atomic mass is 10.0. The number of nitrogens with zero attached hydrogens (tertiary/aromatic N) is 2. The Labute approximate surface area is 300 Å². The number of benzene rings is 4. The van der Waals surface area contributed by atoms with Crippen molar-refractivity contribution in [2.75, 3.05) is 0 Å². The summed E-state index contributed by atoms with van der Waals surface area (Å²) >= 11 is 0. The van der Waals surface area contributed by atoms with Crippen molar-refractivity contribution in [2.24, 2.45) is 0 Å². The highest BCUT2D eigenvalue weighted by atomic mass is 16.5. The Morgan fingerprint density at radius 3 is 1.04 bits per heavy atom. The molecule has 0 radical (unpaired) electrons. The zero-order valence-electron chi connectivity index (χ0n) is 28.3. The Morgan fingerprint density at radius 1 is 0.423 bits per heavy atom. The zero-order chi connectivity index (χ0) is 35.0. The summed E-state index contributed by atoms with van der Waals surface area (Å²) in [5, 5.41) is 0. The molecule has 6 nitrogen and oxygen atoms in total. The van der Waals surface area contributed by atoms with Gasteiger partial charge in [-0.2, -0.15) is 0 Å². The van der Waals surface area contributed by atoms with Crippen molar-refractivity contribution in [3.63, 3.8) is 0 Å². The van der Waals surface area contributed by atoms with E-state index in [0.717, 1.165) is 89.4 Å². The molecular formula is C46H32N4O2. The average molecular weight is 673 g/mol. The number of aromatic nitrogens is 4. The highest BCUT2D eigenvalue weighted by Gasteiger charge is 2.19. The van der Waals surface area contributed by atoms with Crippen LogP contribution in [-0.4, -0.2) is 25.9 Å². The first-order valence-electron chi connectivity index (χ1n) is 17.2. The van der Waals surface area contributed by atoms with E-state index in [0.29, 0.717) is 5.75 Å². The Kier molecular flexibility index (Phi) is 7.75. The summed E-state index contributed by atoms with van der Waals surface area (Å²) in [7, 11) is 0. The molecule has 0 fully saturated rings.